The summed E-state index contributed by atoms with van der Waals surface area (Å²) in [6.07, 6.45) is 17.1. The second kappa shape index (κ2) is 15.4. The van der Waals surface area contributed by atoms with E-state index in [4.69, 9.17) is 0 Å². The van der Waals surface area contributed by atoms with Crippen LogP contribution in [0.3, 0.4) is 0 Å². The van der Waals surface area contributed by atoms with E-state index in [2.05, 4.69) is 38.7 Å². The average molecular weight is 385 g/mol. The summed E-state index contributed by atoms with van der Waals surface area (Å²) in [4.78, 5) is 11.4. The molecule has 0 aromatic carbocycles. The van der Waals surface area contributed by atoms with Crippen LogP contribution in [-0.2, 0) is 4.79 Å². The second-order valence-electron chi connectivity index (χ2n) is 9.00. The zero-order valence-corrected chi connectivity index (χ0v) is 18.8. The topological polar surface area (TPSA) is 57.5 Å². The molecule has 0 rings (SSSR count). The molecule has 0 radical (unpaired) electrons. The molecule has 0 aliphatic rings. The molecule has 3 nitrogen and oxygen atoms in total. The van der Waals surface area contributed by atoms with Gasteiger partial charge >= 0.3 is 5.97 Å². The highest BCUT2D eigenvalue weighted by molar-refractivity contribution is 6.76. The summed E-state index contributed by atoms with van der Waals surface area (Å²) in [5.74, 6) is -0.746. The van der Waals surface area contributed by atoms with Crippen LogP contribution in [0.1, 0.15) is 84.0 Å². The Morgan fingerprint density at radius 2 is 1.54 bits per heavy atom. The number of carboxylic acid groups (broad SMARTS) is 1. The van der Waals surface area contributed by atoms with Crippen molar-refractivity contribution < 1.29 is 15.0 Å². The molecule has 26 heavy (non-hydrogen) atoms. The number of aliphatic hydroxyl groups excluding tert-OH is 1. The smallest absolute Gasteiger partial charge is 0.306 e. The predicted molar refractivity (Wildman–Crippen MR) is 116 cm³/mol. The van der Waals surface area contributed by atoms with Crippen LogP contribution >= 0.6 is 0 Å². The number of allylic oxidation sites excluding steroid dienone is 1. The number of unbranched alkanes of at least 4 members (excludes halogenated alkanes) is 7. The van der Waals surface area contributed by atoms with Crippen LogP contribution in [0.2, 0.25) is 25.7 Å². The standard InChI is InChI=1S/C22H44O3Si/c1-5-6-7-14-17-21(23)18-15-12-10-8-9-11-13-16-20(22(24)25)19-26(2,3)4/h12,15,20-21,23H,5-11,13-14,16-19H2,1-4H3,(H,24,25)/t20?,21-/m1/s1. The molecule has 0 heterocycles. The minimum Gasteiger partial charge on any atom is -0.481 e. The molecule has 2 atom stereocenters. The van der Waals surface area contributed by atoms with Crippen molar-refractivity contribution in [3.63, 3.8) is 0 Å². The first-order valence-corrected chi connectivity index (χ1v) is 14.5. The molecule has 0 fully saturated rings. The molecule has 0 aliphatic heterocycles. The molecule has 1 unspecified atom stereocenters. The van der Waals surface area contributed by atoms with Crippen molar-refractivity contribution in [2.24, 2.45) is 5.92 Å². The summed E-state index contributed by atoms with van der Waals surface area (Å²) < 4.78 is 0. The Morgan fingerprint density at radius 3 is 2.15 bits per heavy atom. The molecule has 0 saturated carbocycles. The number of carbonyl (C=O) groups is 1. The Labute approximate surface area is 163 Å². The SMILES string of the molecule is CCCCCC[C@@H](O)CC=CCCCCCCC(C[Si](C)(C)C)C(=O)O. The van der Waals surface area contributed by atoms with E-state index in [1.54, 1.807) is 0 Å². The zero-order valence-electron chi connectivity index (χ0n) is 17.8. The van der Waals surface area contributed by atoms with E-state index < -0.39 is 14.0 Å². The van der Waals surface area contributed by atoms with E-state index in [9.17, 15) is 15.0 Å². The molecule has 154 valence electrons. The molecule has 2 N–H and O–H groups in total. The van der Waals surface area contributed by atoms with Gasteiger partial charge in [0.25, 0.3) is 0 Å². The maximum Gasteiger partial charge on any atom is 0.306 e. The Hall–Kier alpha value is -0.613. The van der Waals surface area contributed by atoms with E-state index in [0.29, 0.717) is 0 Å². The number of aliphatic carboxylic acids is 1. The monoisotopic (exact) mass is 384 g/mol. The summed E-state index contributed by atoms with van der Waals surface area (Å²) in [6.45, 7) is 8.95. The second-order valence-corrected chi connectivity index (χ2v) is 14.5. The van der Waals surface area contributed by atoms with Gasteiger partial charge in [0.2, 0.25) is 0 Å². The van der Waals surface area contributed by atoms with Gasteiger partial charge < -0.3 is 10.2 Å². The maximum atomic E-state index is 11.4. The van der Waals surface area contributed by atoms with E-state index in [1.807, 2.05) is 0 Å². The number of carboxylic acids is 1. The van der Waals surface area contributed by atoms with Crippen molar-refractivity contribution >= 4 is 14.0 Å². The molecule has 0 aromatic rings. The van der Waals surface area contributed by atoms with Crippen molar-refractivity contribution in [1.29, 1.82) is 0 Å². The molecule has 0 aliphatic carbocycles. The molecule has 0 aromatic heterocycles. The third kappa shape index (κ3) is 16.8. The van der Waals surface area contributed by atoms with Crippen LogP contribution in [0.4, 0.5) is 0 Å². The van der Waals surface area contributed by atoms with Gasteiger partial charge in [-0.25, -0.2) is 0 Å². The lowest BCUT2D eigenvalue weighted by Crippen LogP contribution is -2.28. The van der Waals surface area contributed by atoms with Crippen LogP contribution in [0.5, 0.6) is 0 Å². The molecule has 4 heteroatoms. The first kappa shape index (κ1) is 25.4. The van der Waals surface area contributed by atoms with Gasteiger partial charge in [0.1, 0.15) is 0 Å². The highest BCUT2D eigenvalue weighted by Gasteiger charge is 2.25. The minimum absolute atomic E-state index is 0.139. The first-order valence-electron chi connectivity index (χ1n) is 10.8. The summed E-state index contributed by atoms with van der Waals surface area (Å²) in [7, 11) is -1.31. The van der Waals surface area contributed by atoms with E-state index in [-0.39, 0.29) is 12.0 Å². The number of aliphatic hydroxyl groups is 1. The quantitative estimate of drug-likeness (QED) is 0.168. The molecule has 0 spiro atoms. The fourth-order valence-electron chi connectivity index (χ4n) is 3.35. The van der Waals surface area contributed by atoms with E-state index in [0.717, 1.165) is 57.4 Å². The Balaban J connectivity index is 3.63. The van der Waals surface area contributed by atoms with Crippen LogP contribution in [0.15, 0.2) is 12.2 Å². The lowest BCUT2D eigenvalue weighted by atomic mass is 10.0. The normalized spacial score (nSPS) is 14.7. The van der Waals surface area contributed by atoms with Crippen LogP contribution in [0.25, 0.3) is 0 Å². The summed E-state index contributed by atoms with van der Waals surface area (Å²) >= 11 is 0. The molecular weight excluding hydrogens is 340 g/mol. The number of hydrogen-bond acceptors (Lipinski definition) is 2. The highest BCUT2D eigenvalue weighted by atomic mass is 28.3. The number of hydrogen-bond donors (Lipinski definition) is 2. The third-order valence-corrected chi connectivity index (χ3v) is 6.56. The minimum atomic E-state index is -1.31. The predicted octanol–water partition coefficient (Wildman–Crippen LogP) is 6.64. The van der Waals surface area contributed by atoms with Gasteiger partial charge in [0, 0.05) is 8.07 Å². The Morgan fingerprint density at radius 1 is 0.923 bits per heavy atom. The lowest BCUT2D eigenvalue weighted by molar-refractivity contribution is -0.141. The third-order valence-electron chi connectivity index (χ3n) is 4.85. The van der Waals surface area contributed by atoms with Crippen LogP contribution in [-0.4, -0.2) is 30.4 Å². The van der Waals surface area contributed by atoms with Gasteiger partial charge in [-0.2, -0.15) is 0 Å². The molecule has 0 amide bonds. The number of rotatable bonds is 17. The Kier molecular flexibility index (Phi) is 15.1. The molecule has 0 saturated heterocycles. The Bertz CT molecular complexity index is 374. The fraction of sp³-hybridized carbons (Fsp3) is 0.864. The fourth-order valence-corrected chi connectivity index (χ4v) is 5.21. The van der Waals surface area contributed by atoms with E-state index in [1.165, 1.54) is 25.7 Å². The molecular formula is C22H44O3Si. The van der Waals surface area contributed by atoms with Gasteiger partial charge in [-0.15, -0.1) is 0 Å². The lowest BCUT2D eigenvalue weighted by Gasteiger charge is -2.21. The van der Waals surface area contributed by atoms with Gasteiger partial charge in [-0.05, 0) is 38.1 Å². The highest BCUT2D eigenvalue weighted by Crippen LogP contribution is 2.22. The van der Waals surface area contributed by atoms with Crippen LogP contribution in [0, 0.1) is 5.92 Å². The first-order chi connectivity index (χ1) is 12.3. The summed E-state index contributed by atoms with van der Waals surface area (Å²) in [5, 5.41) is 19.3. The van der Waals surface area contributed by atoms with Crippen molar-refractivity contribution in [3.8, 4) is 0 Å². The zero-order chi connectivity index (χ0) is 19.8. The summed E-state index contributed by atoms with van der Waals surface area (Å²) in [6, 6.07) is 0.895. The maximum absolute atomic E-state index is 11.4. The average Bonchev–Trinajstić information content (AvgIpc) is 2.55. The van der Waals surface area contributed by atoms with Gasteiger partial charge in [-0.3, -0.25) is 4.79 Å². The van der Waals surface area contributed by atoms with Crippen molar-refractivity contribution in [2.75, 3.05) is 0 Å². The van der Waals surface area contributed by atoms with Crippen molar-refractivity contribution in [3.05, 3.63) is 12.2 Å². The van der Waals surface area contributed by atoms with Gasteiger partial charge in [0.15, 0.2) is 0 Å². The van der Waals surface area contributed by atoms with Crippen molar-refractivity contribution in [1.82, 2.24) is 0 Å². The van der Waals surface area contributed by atoms with E-state index >= 15 is 0 Å². The van der Waals surface area contributed by atoms with Crippen molar-refractivity contribution in [2.45, 2.75) is 116 Å². The summed E-state index contributed by atoms with van der Waals surface area (Å²) in [5.41, 5.74) is 0. The van der Waals surface area contributed by atoms with Gasteiger partial charge in [0.05, 0.1) is 12.0 Å². The molecule has 0 bridgehead atoms. The van der Waals surface area contributed by atoms with Crippen LogP contribution < -0.4 is 0 Å². The largest absolute Gasteiger partial charge is 0.481 e. The van der Waals surface area contributed by atoms with Gasteiger partial charge in [-0.1, -0.05) is 83.7 Å².